The molecule has 37 heavy (non-hydrogen) atoms. The number of hydrogen-bond acceptors (Lipinski definition) is 3. The summed E-state index contributed by atoms with van der Waals surface area (Å²) in [7, 11) is 0. The number of carbonyl (C=O) groups is 3. The minimum absolute atomic E-state index is 0.0190. The first-order valence-electron chi connectivity index (χ1n) is 14.0. The summed E-state index contributed by atoms with van der Waals surface area (Å²) in [5.74, 6) is -2.88. The van der Waals surface area contributed by atoms with Crippen molar-refractivity contribution in [3.05, 3.63) is 71.8 Å². The second kappa shape index (κ2) is 15.2. The maximum atomic E-state index is 13.4. The molecule has 1 fully saturated rings. The Bertz CT molecular complexity index is 979. The molecular formula is C31H42N2O4. The van der Waals surface area contributed by atoms with Gasteiger partial charge in [-0.15, -0.1) is 0 Å². The van der Waals surface area contributed by atoms with Crippen LogP contribution in [0.1, 0.15) is 101 Å². The van der Waals surface area contributed by atoms with E-state index in [0.717, 1.165) is 24.8 Å². The summed E-state index contributed by atoms with van der Waals surface area (Å²) >= 11 is 0. The molecule has 200 valence electrons. The third-order valence-electron chi connectivity index (χ3n) is 7.23. The molecule has 6 nitrogen and oxygen atoms in total. The first-order chi connectivity index (χ1) is 18.0. The van der Waals surface area contributed by atoms with Crippen molar-refractivity contribution in [3.63, 3.8) is 0 Å². The van der Waals surface area contributed by atoms with Crippen LogP contribution in [0.25, 0.3) is 0 Å². The van der Waals surface area contributed by atoms with Gasteiger partial charge in [0.05, 0.1) is 0 Å². The van der Waals surface area contributed by atoms with Crippen LogP contribution >= 0.6 is 0 Å². The number of amides is 2. The second-order valence-electron chi connectivity index (χ2n) is 10.1. The summed E-state index contributed by atoms with van der Waals surface area (Å²) < 4.78 is 0. The van der Waals surface area contributed by atoms with E-state index in [-0.39, 0.29) is 17.9 Å². The summed E-state index contributed by atoms with van der Waals surface area (Å²) in [4.78, 5) is 39.5. The monoisotopic (exact) mass is 506 g/mol. The molecule has 2 N–H and O–H groups in total. The fraction of sp³-hybridized carbons (Fsp3) is 0.516. The van der Waals surface area contributed by atoms with E-state index in [1.807, 2.05) is 48.5 Å². The van der Waals surface area contributed by atoms with Gasteiger partial charge in [0.1, 0.15) is 6.04 Å². The van der Waals surface area contributed by atoms with Gasteiger partial charge in [-0.25, -0.2) is 4.79 Å². The van der Waals surface area contributed by atoms with Gasteiger partial charge in [0, 0.05) is 18.5 Å². The predicted molar refractivity (Wildman–Crippen MR) is 146 cm³/mol. The molecule has 3 rings (SSSR count). The molecule has 0 saturated heterocycles. The molecule has 0 aromatic heterocycles. The third kappa shape index (κ3) is 8.73. The Hall–Kier alpha value is -3.15. The van der Waals surface area contributed by atoms with Gasteiger partial charge in [0.2, 0.25) is 5.91 Å². The summed E-state index contributed by atoms with van der Waals surface area (Å²) in [6.45, 7) is 2.75. The van der Waals surface area contributed by atoms with E-state index >= 15 is 0 Å². The lowest BCUT2D eigenvalue weighted by atomic mass is 10.0. The Morgan fingerprint density at radius 3 is 1.95 bits per heavy atom. The highest BCUT2D eigenvalue weighted by Crippen LogP contribution is 2.47. The van der Waals surface area contributed by atoms with Gasteiger partial charge in [0.25, 0.3) is 0 Å². The highest BCUT2D eigenvalue weighted by atomic mass is 16.4. The maximum Gasteiger partial charge on any atom is 0.394 e. The largest absolute Gasteiger partial charge is 0.474 e. The molecule has 2 aromatic rings. The molecular weight excluding hydrogens is 464 g/mol. The summed E-state index contributed by atoms with van der Waals surface area (Å²) in [6.07, 6.45) is 12.7. The van der Waals surface area contributed by atoms with Crippen molar-refractivity contribution < 1.29 is 19.5 Å². The molecule has 0 heterocycles. The Labute approximate surface area is 221 Å². The van der Waals surface area contributed by atoms with Crippen LogP contribution in [0.5, 0.6) is 0 Å². The van der Waals surface area contributed by atoms with Crippen molar-refractivity contribution in [1.82, 2.24) is 10.2 Å². The molecule has 1 aliphatic rings. The first kappa shape index (κ1) is 28.4. The number of nitrogens with zero attached hydrogens (tertiary/aromatic N) is 1. The lowest BCUT2D eigenvalue weighted by molar-refractivity contribution is -0.159. The van der Waals surface area contributed by atoms with Crippen molar-refractivity contribution in [2.45, 2.75) is 95.6 Å². The standard InChI is InChI=1S/C31H42N2O4/c1-2-3-4-5-6-7-8-9-10-17-22-32-29(34)28(25-20-15-12-16-21-25)33(30(35)31(36)37)27-23-26(27)24-18-13-11-14-19-24/h11-16,18-21,26-28H,2-10,17,22-23H2,1H3,(H,32,34)(H,36,37)/t26-,27+,28?/m0/s1. The highest BCUT2D eigenvalue weighted by Gasteiger charge is 2.50. The molecule has 0 aliphatic heterocycles. The zero-order valence-corrected chi connectivity index (χ0v) is 22.1. The SMILES string of the molecule is CCCCCCCCCCCCNC(=O)C(c1ccccc1)N(C(=O)C(=O)O)[C@@H]1C[C@H]1c1ccccc1. The predicted octanol–water partition coefficient (Wildman–Crippen LogP) is 6.23. The molecule has 2 amide bonds. The number of carboxylic acids is 1. The Kier molecular flexibility index (Phi) is 11.7. The van der Waals surface area contributed by atoms with Crippen molar-refractivity contribution in [3.8, 4) is 0 Å². The van der Waals surface area contributed by atoms with Crippen LogP contribution in [0.2, 0.25) is 0 Å². The van der Waals surface area contributed by atoms with E-state index in [1.54, 1.807) is 12.1 Å². The van der Waals surface area contributed by atoms with Crippen LogP contribution < -0.4 is 5.32 Å². The van der Waals surface area contributed by atoms with Crippen molar-refractivity contribution in [2.75, 3.05) is 6.54 Å². The van der Waals surface area contributed by atoms with E-state index < -0.39 is 17.9 Å². The quantitative estimate of drug-likeness (QED) is 0.209. The first-order valence-corrected chi connectivity index (χ1v) is 14.0. The molecule has 1 aliphatic carbocycles. The number of hydrogen-bond donors (Lipinski definition) is 2. The number of carbonyl (C=O) groups excluding carboxylic acids is 2. The highest BCUT2D eigenvalue weighted by molar-refractivity contribution is 6.32. The summed E-state index contributed by atoms with van der Waals surface area (Å²) in [5.41, 5.74) is 1.67. The van der Waals surface area contributed by atoms with E-state index in [4.69, 9.17) is 0 Å². The van der Waals surface area contributed by atoms with Gasteiger partial charge in [-0.2, -0.15) is 0 Å². The maximum absolute atomic E-state index is 13.4. The fourth-order valence-corrected chi connectivity index (χ4v) is 5.11. The lowest BCUT2D eigenvalue weighted by Gasteiger charge is -2.30. The van der Waals surface area contributed by atoms with E-state index in [1.165, 1.54) is 49.8 Å². The Morgan fingerprint density at radius 1 is 0.838 bits per heavy atom. The molecule has 6 heteroatoms. The smallest absolute Gasteiger partial charge is 0.394 e. The molecule has 0 radical (unpaired) electrons. The fourth-order valence-electron chi connectivity index (χ4n) is 5.11. The van der Waals surface area contributed by atoms with Gasteiger partial charge in [-0.1, -0.05) is 125 Å². The number of benzene rings is 2. The second-order valence-corrected chi connectivity index (χ2v) is 10.1. The van der Waals surface area contributed by atoms with E-state index in [9.17, 15) is 19.5 Å². The molecule has 1 saturated carbocycles. The Morgan fingerprint density at radius 2 is 1.38 bits per heavy atom. The average molecular weight is 507 g/mol. The zero-order valence-electron chi connectivity index (χ0n) is 22.1. The molecule has 0 bridgehead atoms. The third-order valence-corrected chi connectivity index (χ3v) is 7.23. The van der Waals surface area contributed by atoms with Crippen molar-refractivity contribution in [2.24, 2.45) is 0 Å². The van der Waals surface area contributed by atoms with Gasteiger partial charge in [0.15, 0.2) is 0 Å². The van der Waals surface area contributed by atoms with E-state index in [0.29, 0.717) is 18.5 Å². The number of rotatable bonds is 16. The average Bonchev–Trinajstić information content (AvgIpc) is 3.71. The Balaban J connectivity index is 1.59. The van der Waals surface area contributed by atoms with Crippen LogP contribution in [0.3, 0.4) is 0 Å². The topological polar surface area (TPSA) is 86.7 Å². The normalized spacial score (nSPS) is 17.1. The molecule has 0 spiro atoms. The zero-order chi connectivity index (χ0) is 26.5. The molecule has 3 atom stereocenters. The van der Waals surface area contributed by atoms with Gasteiger partial charge >= 0.3 is 11.9 Å². The number of unbranched alkanes of at least 4 members (excludes halogenated alkanes) is 9. The van der Waals surface area contributed by atoms with Gasteiger partial charge in [-0.3, -0.25) is 9.59 Å². The number of aliphatic carboxylic acids is 1. The molecule has 1 unspecified atom stereocenters. The number of nitrogens with one attached hydrogen (secondary N) is 1. The summed E-state index contributed by atoms with van der Waals surface area (Å²) in [6, 6.07) is 17.5. The molecule has 2 aromatic carbocycles. The van der Waals surface area contributed by atoms with Crippen LogP contribution in [-0.2, 0) is 14.4 Å². The van der Waals surface area contributed by atoms with Crippen molar-refractivity contribution >= 4 is 17.8 Å². The van der Waals surface area contributed by atoms with Gasteiger partial charge in [-0.05, 0) is 24.0 Å². The van der Waals surface area contributed by atoms with Gasteiger partial charge < -0.3 is 15.3 Å². The van der Waals surface area contributed by atoms with Crippen LogP contribution in [0.4, 0.5) is 0 Å². The van der Waals surface area contributed by atoms with Crippen molar-refractivity contribution in [1.29, 1.82) is 0 Å². The van der Waals surface area contributed by atoms with Crippen LogP contribution in [0, 0.1) is 0 Å². The lowest BCUT2D eigenvalue weighted by Crippen LogP contribution is -2.48. The van der Waals surface area contributed by atoms with E-state index in [2.05, 4.69) is 12.2 Å². The van der Waals surface area contributed by atoms with Crippen LogP contribution in [0.15, 0.2) is 60.7 Å². The summed E-state index contributed by atoms with van der Waals surface area (Å²) in [5, 5.41) is 12.6. The minimum atomic E-state index is -1.54. The number of carboxylic acid groups (broad SMARTS) is 1. The van der Waals surface area contributed by atoms with Crippen LogP contribution in [-0.4, -0.2) is 40.4 Å². The minimum Gasteiger partial charge on any atom is -0.474 e.